The summed E-state index contributed by atoms with van der Waals surface area (Å²) in [7, 11) is 3.28. The lowest BCUT2D eigenvalue weighted by atomic mass is 9.93. The van der Waals surface area contributed by atoms with Crippen molar-refractivity contribution in [1.29, 1.82) is 0 Å². The van der Waals surface area contributed by atoms with Gasteiger partial charge in [-0.05, 0) is 18.4 Å². The average Bonchev–Trinajstić information content (AvgIpc) is 3.00. The van der Waals surface area contributed by atoms with Crippen LogP contribution in [0, 0.1) is 5.92 Å². The maximum absolute atomic E-state index is 9.54. The molecule has 1 aliphatic carbocycles. The van der Waals surface area contributed by atoms with Crippen LogP contribution < -0.4 is 9.47 Å². The highest BCUT2D eigenvalue weighted by Crippen LogP contribution is 2.56. The lowest BCUT2D eigenvalue weighted by Gasteiger charge is -2.18. The lowest BCUT2D eigenvalue weighted by Crippen LogP contribution is -2.16. The molecule has 0 heterocycles. The van der Waals surface area contributed by atoms with Crippen molar-refractivity contribution in [2.75, 3.05) is 20.8 Å². The van der Waals surface area contributed by atoms with E-state index in [-0.39, 0.29) is 12.0 Å². The fourth-order valence-corrected chi connectivity index (χ4v) is 2.38. The molecule has 1 aromatic carbocycles. The maximum Gasteiger partial charge on any atom is 0.126 e. The predicted molar refractivity (Wildman–Crippen MR) is 62.1 cm³/mol. The first kappa shape index (κ1) is 11.3. The Morgan fingerprint density at radius 1 is 1.38 bits per heavy atom. The molecule has 3 heteroatoms. The Morgan fingerprint density at radius 2 is 2.06 bits per heavy atom. The molecule has 16 heavy (non-hydrogen) atoms. The molecule has 1 aromatic rings. The molecular weight excluding hydrogens is 204 g/mol. The molecule has 1 saturated carbocycles. The Balaban J connectivity index is 2.41. The summed E-state index contributed by atoms with van der Waals surface area (Å²) in [6, 6.07) is 5.79. The summed E-state index contributed by atoms with van der Waals surface area (Å²) < 4.78 is 10.5. The minimum Gasteiger partial charge on any atom is -0.497 e. The molecule has 3 nitrogen and oxygen atoms in total. The first-order valence-electron chi connectivity index (χ1n) is 5.51. The molecule has 0 bridgehead atoms. The molecule has 0 saturated heterocycles. The van der Waals surface area contributed by atoms with Gasteiger partial charge < -0.3 is 14.6 Å². The SMILES string of the molecule is COc1ccc(C2(CO)CC2C)c(OC)c1. The van der Waals surface area contributed by atoms with Gasteiger partial charge >= 0.3 is 0 Å². The van der Waals surface area contributed by atoms with E-state index < -0.39 is 0 Å². The second-order valence-corrected chi connectivity index (χ2v) is 4.49. The molecule has 2 atom stereocenters. The zero-order valence-corrected chi connectivity index (χ0v) is 9.99. The van der Waals surface area contributed by atoms with Gasteiger partial charge in [0.05, 0.1) is 20.8 Å². The molecule has 88 valence electrons. The summed E-state index contributed by atoms with van der Waals surface area (Å²) in [5.74, 6) is 2.10. The number of ether oxygens (including phenoxy) is 2. The Morgan fingerprint density at radius 3 is 2.50 bits per heavy atom. The van der Waals surface area contributed by atoms with E-state index in [4.69, 9.17) is 9.47 Å². The standard InChI is InChI=1S/C13H18O3/c1-9-7-13(9,8-14)11-5-4-10(15-2)6-12(11)16-3/h4-6,9,14H,7-8H2,1-3H3. The fourth-order valence-electron chi connectivity index (χ4n) is 2.38. The fraction of sp³-hybridized carbons (Fsp3) is 0.538. The van der Waals surface area contributed by atoms with Crippen LogP contribution in [0.3, 0.4) is 0 Å². The van der Waals surface area contributed by atoms with Crippen LogP contribution >= 0.6 is 0 Å². The minimum absolute atomic E-state index is 0.0996. The van der Waals surface area contributed by atoms with Crippen molar-refractivity contribution in [3.8, 4) is 11.5 Å². The van der Waals surface area contributed by atoms with E-state index in [0.29, 0.717) is 5.92 Å². The number of benzene rings is 1. The minimum atomic E-state index is -0.0996. The third-order valence-corrected chi connectivity index (χ3v) is 3.68. The molecule has 0 radical (unpaired) electrons. The smallest absolute Gasteiger partial charge is 0.126 e. The number of aliphatic hydroxyl groups is 1. The molecule has 1 N–H and O–H groups in total. The quantitative estimate of drug-likeness (QED) is 0.846. The van der Waals surface area contributed by atoms with E-state index in [1.165, 1.54) is 0 Å². The monoisotopic (exact) mass is 222 g/mol. The molecule has 0 amide bonds. The van der Waals surface area contributed by atoms with Crippen LogP contribution in [0.15, 0.2) is 18.2 Å². The summed E-state index contributed by atoms with van der Waals surface area (Å²) in [6.07, 6.45) is 1.02. The second kappa shape index (κ2) is 3.98. The number of aliphatic hydroxyl groups excluding tert-OH is 1. The van der Waals surface area contributed by atoms with Crippen molar-refractivity contribution in [3.05, 3.63) is 23.8 Å². The van der Waals surface area contributed by atoms with Crippen LogP contribution in [0.2, 0.25) is 0 Å². The summed E-state index contributed by atoms with van der Waals surface area (Å²) in [6.45, 7) is 2.33. The normalized spacial score (nSPS) is 27.6. The van der Waals surface area contributed by atoms with Gasteiger partial charge in [-0.15, -0.1) is 0 Å². The van der Waals surface area contributed by atoms with Gasteiger partial charge in [-0.2, -0.15) is 0 Å². The van der Waals surface area contributed by atoms with Gasteiger partial charge in [0.25, 0.3) is 0 Å². The summed E-state index contributed by atoms with van der Waals surface area (Å²) in [5, 5.41) is 9.54. The third-order valence-electron chi connectivity index (χ3n) is 3.68. The molecule has 0 spiro atoms. The molecular formula is C13H18O3. The van der Waals surface area contributed by atoms with Crippen molar-refractivity contribution in [2.24, 2.45) is 5.92 Å². The Labute approximate surface area is 96.0 Å². The highest BCUT2D eigenvalue weighted by Gasteiger charge is 2.53. The van der Waals surface area contributed by atoms with E-state index >= 15 is 0 Å². The number of methoxy groups -OCH3 is 2. The number of rotatable bonds is 4. The largest absolute Gasteiger partial charge is 0.497 e. The van der Waals surface area contributed by atoms with Gasteiger partial charge in [0.2, 0.25) is 0 Å². The first-order chi connectivity index (χ1) is 7.67. The molecule has 2 unspecified atom stereocenters. The van der Waals surface area contributed by atoms with Gasteiger partial charge in [0.1, 0.15) is 11.5 Å². The van der Waals surface area contributed by atoms with E-state index in [1.54, 1.807) is 14.2 Å². The first-order valence-corrected chi connectivity index (χ1v) is 5.51. The summed E-state index contributed by atoms with van der Waals surface area (Å²) in [5.41, 5.74) is 0.989. The van der Waals surface area contributed by atoms with Gasteiger partial charge in [0, 0.05) is 17.0 Å². The van der Waals surface area contributed by atoms with Gasteiger partial charge in [-0.25, -0.2) is 0 Å². The van der Waals surface area contributed by atoms with Crippen molar-refractivity contribution < 1.29 is 14.6 Å². The summed E-state index contributed by atoms with van der Waals surface area (Å²) >= 11 is 0. The zero-order chi connectivity index (χ0) is 11.8. The predicted octanol–water partition coefficient (Wildman–Crippen LogP) is 1.97. The number of hydrogen-bond acceptors (Lipinski definition) is 3. The molecule has 1 fully saturated rings. The number of hydrogen-bond donors (Lipinski definition) is 1. The average molecular weight is 222 g/mol. The Hall–Kier alpha value is -1.22. The second-order valence-electron chi connectivity index (χ2n) is 4.49. The van der Waals surface area contributed by atoms with E-state index in [9.17, 15) is 5.11 Å². The Bertz CT molecular complexity index is 385. The van der Waals surface area contributed by atoms with Crippen molar-refractivity contribution in [1.82, 2.24) is 0 Å². The van der Waals surface area contributed by atoms with Gasteiger partial charge in [-0.3, -0.25) is 0 Å². The third kappa shape index (κ3) is 1.55. The van der Waals surface area contributed by atoms with Gasteiger partial charge in [0.15, 0.2) is 0 Å². The highest BCUT2D eigenvalue weighted by molar-refractivity contribution is 5.48. The van der Waals surface area contributed by atoms with Crippen LogP contribution in [0.4, 0.5) is 0 Å². The van der Waals surface area contributed by atoms with E-state index in [2.05, 4.69) is 6.92 Å². The zero-order valence-electron chi connectivity index (χ0n) is 9.99. The van der Waals surface area contributed by atoms with Crippen molar-refractivity contribution >= 4 is 0 Å². The molecule has 1 aliphatic rings. The molecule has 0 aromatic heterocycles. The molecule has 0 aliphatic heterocycles. The van der Waals surface area contributed by atoms with Gasteiger partial charge in [-0.1, -0.05) is 13.0 Å². The lowest BCUT2D eigenvalue weighted by molar-refractivity contribution is 0.243. The van der Waals surface area contributed by atoms with Crippen LogP contribution in [0.1, 0.15) is 18.9 Å². The summed E-state index contributed by atoms with van der Waals surface area (Å²) in [4.78, 5) is 0. The van der Waals surface area contributed by atoms with Crippen molar-refractivity contribution in [2.45, 2.75) is 18.8 Å². The van der Waals surface area contributed by atoms with Crippen LogP contribution in [0.5, 0.6) is 11.5 Å². The van der Waals surface area contributed by atoms with E-state index in [1.807, 2.05) is 18.2 Å². The Kier molecular flexibility index (Phi) is 2.80. The van der Waals surface area contributed by atoms with Crippen LogP contribution in [-0.2, 0) is 5.41 Å². The topological polar surface area (TPSA) is 38.7 Å². The van der Waals surface area contributed by atoms with E-state index in [0.717, 1.165) is 23.5 Å². The van der Waals surface area contributed by atoms with Crippen molar-refractivity contribution in [3.63, 3.8) is 0 Å². The molecule has 2 rings (SSSR count). The van der Waals surface area contributed by atoms with Crippen LogP contribution in [-0.4, -0.2) is 25.9 Å². The maximum atomic E-state index is 9.54. The van der Waals surface area contributed by atoms with Crippen LogP contribution in [0.25, 0.3) is 0 Å². The highest BCUT2D eigenvalue weighted by atomic mass is 16.5.